The second-order valence-corrected chi connectivity index (χ2v) is 3.87. The zero-order valence-corrected chi connectivity index (χ0v) is 10.2. The Morgan fingerprint density at radius 2 is 1.94 bits per heavy atom. The van der Waals surface area contributed by atoms with Crippen LogP contribution in [0.4, 0.5) is 5.69 Å². The molecular weight excluding hydrogens is 281 g/mol. The fourth-order valence-corrected chi connectivity index (χ4v) is 1.57. The SMILES string of the molecule is O=[N+]([O-])c1c(Cl)ncnc1Oc1ccccc1Cl. The average molecular weight is 286 g/mol. The predicted octanol–water partition coefficient (Wildman–Crippen LogP) is 3.48. The third kappa shape index (κ3) is 2.49. The van der Waals surface area contributed by atoms with E-state index in [9.17, 15) is 10.1 Å². The first-order valence-corrected chi connectivity index (χ1v) is 5.42. The Morgan fingerprint density at radius 1 is 1.22 bits per heavy atom. The normalized spacial score (nSPS) is 10.1. The van der Waals surface area contributed by atoms with Gasteiger partial charge in [0, 0.05) is 0 Å². The van der Waals surface area contributed by atoms with Gasteiger partial charge in [0.2, 0.25) is 5.15 Å². The fourth-order valence-electron chi connectivity index (χ4n) is 1.20. The first-order chi connectivity index (χ1) is 8.59. The molecule has 0 spiro atoms. The molecule has 6 nitrogen and oxygen atoms in total. The van der Waals surface area contributed by atoms with E-state index in [0.717, 1.165) is 6.33 Å². The zero-order chi connectivity index (χ0) is 13.1. The number of ether oxygens (including phenoxy) is 1. The minimum atomic E-state index is -0.714. The summed E-state index contributed by atoms with van der Waals surface area (Å²) in [4.78, 5) is 17.3. The molecule has 0 fully saturated rings. The Morgan fingerprint density at radius 3 is 2.61 bits per heavy atom. The molecular formula is C10H5Cl2N3O3. The van der Waals surface area contributed by atoms with E-state index < -0.39 is 10.6 Å². The molecule has 0 saturated heterocycles. The summed E-state index contributed by atoms with van der Waals surface area (Å²) in [5, 5.41) is 10.9. The van der Waals surface area contributed by atoms with Gasteiger partial charge in [-0.3, -0.25) is 10.1 Å². The molecule has 0 bridgehead atoms. The van der Waals surface area contributed by atoms with Crippen molar-refractivity contribution >= 4 is 28.9 Å². The topological polar surface area (TPSA) is 78.2 Å². The van der Waals surface area contributed by atoms with E-state index in [0.29, 0.717) is 5.02 Å². The Hall–Kier alpha value is -1.92. The van der Waals surface area contributed by atoms with Crippen LogP contribution in [-0.2, 0) is 0 Å². The van der Waals surface area contributed by atoms with E-state index in [4.69, 9.17) is 27.9 Å². The largest absolute Gasteiger partial charge is 0.432 e. The molecule has 1 heterocycles. The quantitative estimate of drug-likeness (QED) is 0.490. The summed E-state index contributed by atoms with van der Waals surface area (Å²) in [6.07, 6.45) is 1.07. The highest BCUT2D eigenvalue weighted by molar-refractivity contribution is 6.32. The van der Waals surface area contributed by atoms with E-state index in [2.05, 4.69) is 9.97 Å². The highest BCUT2D eigenvalue weighted by atomic mass is 35.5. The van der Waals surface area contributed by atoms with Crippen LogP contribution in [0, 0.1) is 10.1 Å². The molecule has 0 unspecified atom stereocenters. The van der Waals surface area contributed by atoms with Gasteiger partial charge in [-0.2, -0.15) is 4.98 Å². The summed E-state index contributed by atoms with van der Waals surface area (Å²) < 4.78 is 5.27. The molecule has 2 aromatic rings. The number of hydrogen-bond acceptors (Lipinski definition) is 5. The Kier molecular flexibility index (Phi) is 3.59. The molecule has 0 atom stereocenters. The first-order valence-electron chi connectivity index (χ1n) is 4.67. The number of para-hydroxylation sites is 1. The van der Waals surface area contributed by atoms with Crippen LogP contribution in [0.25, 0.3) is 0 Å². The van der Waals surface area contributed by atoms with E-state index in [-0.39, 0.29) is 16.8 Å². The van der Waals surface area contributed by atoms with Crippen molar-refractivity contribution in [3.8, 4) is 11.6 Å². The maximum atomic E-state index is 10.8. The van der Waals surface area contributed by atoms with Crippen LogP contribution in [0.1, 0.15) is 0 Å². The van der Waals surface area contributed by atoms with Crippen molar-refractivity contribution in [3.05, 3.63) is 50.9 Å². The van der Waals surface area contributed by atoms with Gasteiger partial charge in [-0.25, -0.2) is 4.98 Å². The van der Waals surface area contributed by atoms with E-state index >= 15 is 0 Å². The highest BCUT2D eigenvalue weighted by Gasteiger charge is 2.24. The predicted molar refractivity (Wildman–Crippen MR) is 65.2 cm³/mol. The van der Waals surface area contributed by atoms with Gasteiger partial charge in [0.25, 0.3) is 0 Å². The van der Waals surface area contributed by atoms with Crippen LogP contribution in [0.5, 0.6) is 11.6 Å². The van der Waals surface area contributed by atoms with Gasteiger partial charge in [0.15, 0.2) is 0 Å². The van der Waals surface area contributed by atoms with Crippen molar-refractivity contribution in [3.63, 3.8) is 0 Å². The number of aromatic nitrogens is 2. The van der Waals surface area contributed by atoms with Crippen molar-refractivity contribution in [2.75, 3.05) is 0 Å². The molecule has 0 aliphatic carbocycles. The maximum Gasteiger partial charge on any atom is 0.368 e. The first kappa shape index (κ1) is 12.5. The number of benzene rings is 1. The summed E-state index contributed by atoms with van der Waals surface area (Å²) in [7, 11) is 0. The lowest BCUT2D eigenvalue weighted by Crippen LogP contribution is -1.98. The van der Waals surface area contributed by atoms with Gasteiger partial charge in [0.1, 0.15) is 12.1 Å². The van der Waals surface area contributed by atoms with Gasteiger partial charge in [-0.1, -0.05) is 35.3 Å². The summed E-state index contributed by atoms with van der Waals surface area (Å²) in [6, 6.07) is 6.53. The lowest BCUT2D eigenvalue weighted by atomic mass is 10.3. The molecule has 18 heavy (non-hydrogen) atoms. The van der Waals surface area contributed by atoms with Gasteiger partial charge >= 0.3 is 11.6 Å². The van der Waals surface area contributed by atoms with Crippen LogP contribution >= 0.6 is 23.2 Å². The average Bonchev–Trinajstić information content (AvgIpc) is 2.31. The van der Waals surface area contributed by atoms with Crippen LogP contribution in [0.2, 0.25) is 10.2 Å². The van der Waals surface area contributed by atoms with Crippen molar-refractivity contribution in [1.82, 2.24) is 9.97 Å². The molecule has 1 aromatic carbocycles. The smallest absolute Gasteiger partial charge is 0.368 e. The van der Waals surface area contributed by atoms with Gasteiger partial charge in [-0.05, 0) is 12.1 Å². The van der Waals surface area contributed by atoms with Crippen molar-refractivity contribution in [2.45, 2.75) is 0 Å². The molecule has 0 saturated carbocycles. The molecule has 92 valence electrons. The summed E-state index contributed by atoms with van der Waals surface area (Å²) >= 11 is 11.5. The summed E-state index contributed by atoms with van der Waals surface area (Å²) in [6.45, 7) is 0. The Balaban J connectivity index is 2.44. The van der Waals surface area contributed by atoms with Crippen LogP contribution < -0.4 is 4.74 Å². The number of nitro groups is 1. The number of halogens is 2. The van der Waals surface area contributed by atoms with Crippen molar-refractivity contribution in [2.24, 2.45) is 0 Å². The standard InChI is InChI=1S/C10H5Cl2N3O3/c11-6-3-1-2-4-7(6)18-10-8(15(16)17)9(12)13-5-14-10/h1-5H. The van der Waals surface area contributed by atoms with E-state index in [1.807, 2.05) is 0 Å². The van der Waals surface area contributed by atoms with Crippen molar-refractivity contribution < 1.29 is 9.66 Å². The molecule has 0 aliphatic heterocycles. The molecule has 0 radical (unpaired) electrons. The third-order valence-corrected chi connectivity index (χ3v) is 2.56. The van der Waals surface area contributed by atoms with Crippen LogP contribution in [-0.4, -0.2) is 14.9 Å². The minimum Gasteiger partial charge on any atom is -0.432 e. The monoisotopic (exact) mass is 285 g/mol. The second-order valence-electron chi connectivity index (χ2n) is 3.11. The molecule has 0 N–H and O–H groups in total. The number of hydrogen-bond donors (Lipinski definition) is 0. The molecule has 8 heteroatoms. The second kappa shape index (κ2) is 5.16. The third-order valence-electron chi connectivity index (χ3n) is 1.97. The van der Waals surface area contributed by atoms with Crippen molar-refractivity contribution in [1.29, 1.82) is 0 Å². The highest BCUT2D eigenvalue weighted by Crippen LogP contribution is 2.35. The number of nitrogens with zero attached hydrogens (tertiary/aromatic N) is 3. The lowest BCUT2D eigenvalue weighted by Gasteiger charge is -2.06. The lowest BCUT2D eigenvalue weighted by molar-refractivity contribution is -0.386. The maximum absolute atomic E-state index is 10.8. The molecule has 1 aromatic heterocycles. The summed E-state index contributed by atoms with van der Waals surface area (Å²) in [5.41, 5.74) is -0.501. The number of rotatable bonds is 3. The fraction of sp³-hybridized carbons (Fsp3) is 0. The van der Waals surface area contributed by atoms with E-state index in [1.165, 1.54) is 0 Å². The Labute approximate surface area is 111 Å². The summed E-state index contributed by atoms with van der Waals surface area (Å²) in [5.74, 6) is -0.00914. The molecule has 2 rings (SSSR count). The van der Waals surface area contributed by atoms with Gasteiger partial charge in [0.05, 0.1) is 9.95 Å². The van der Waals surface area contributed by atoms with Crippen LogP contribution in [0.3, 0.4) is 0 Å². The Bertz CT molecular complexity index is 607. The molecule has 0 aliphatic rings. The molecule has 0 amide bonds. The minimum absolute atomic E-state index is 0.247. The van der Waals surface area contributed by atoms with Crippen LogP contribution in [0.15, 0.2) is 30.6 Å². The van der Waals surface area contributed by atoms with Gasteiger partial charge < -0.3 is 4.74 Å². The van der Waals surface area contributed by atoms with Gasteiger partial charge in [-0.15, -0.1) is 0 Å². The van der Waals surface area contributed by atoms with E-state index in [1.54, 1.807) is 24.3 Å². The zero-order valence-electron chi connectivity index (χ0n) is 8.71.